The Balaban J connectivity index is 2.15. The quantitative estimate of drug-likeness (QED) is 0.689. The maximum atomic E-state index is 5.85. The summed E-state index contributed by atoms with van der Waals surface area (Å²) in [5.74, 6) is 1.80. The highest BCUT2D eigenvalue weighted by molar-refractivity contribution is 6.28. The zero-order chi connectivity index (χ0) is 10.8. The van der Waals surface area contributed by atoms with Crippen LogP contribution in [-0.4, -0.2) is 23.1 Å². The molecule has 1 aliphatic rings. The monoisotopic (exact) mass is 225 g/mol. The van der Waals surface area contributed by atoms with Crippen molar-refractivity contribution in [1.29, 1.82) is 0 Å². The van der Waals surface area contributed by atoms with Crippen molar-refractivity contribution >= 4 is 17.4 Å². The fraction of sp³-hybridized carbons (Fsp3) is 0.636. The lowest BCUT2D eigenvalue weighted by atomic mass is 9.99. The predicted molar refractivity (Wildman–Crippen MR) is 62.4 cm³/mol. The van der Waals surface area contributed by atoms with Crippen LogP contribution in [0.4, 0.5) is 5.82 Å². The molecule has 0 radical (unpaired) electrons. The first-order valence-electron chi connectivity index (χ1n) is 5.41. The van der Waals surface area contributed by atoms with E-state index in [0.29, 0.717) is 5.28 Å². The summed E-state index contributed by atoms with van der Waals surface area (Å²) in [7, 11) is 0. The van der Waals surface area contributed by atoms with Crippen LogP contribution in [-0.2, 0) is 0 Å². The summed E-state index contributed by atoms with van der Waals surface area (Å²) in [5.41, 5.74) is 0.934. The van der Waals surface area contributed by atoms with Gasteiger partial charge in [-0.05, 0) is 37.3 Å². The molecule has 15 heavy (non-hydrogen) atoms. The van der Waals surface area contributed by atoms with E-state index in [1.165, 1.54) is 12.8 Å². The molecule has 1 aromatic rings. The number of aromatic nitrogens is 2. The Kier molecular flexibility index (Phi) is 3.10. The molecule has 0 spiro atoms. The van der Waals surface area contributed by atoms with Gasteiger partial charge in [-0.1, -0.05) is 6.92 Å². The van der Waals surface area contributed by atoms with Gasteiger partial charge >= 0.3 is 0 Å². The summed E-state index contributed by atoms with van der Waals surface area (Å²) >= 11 is 5.85. The summed E-state index contributed by atoms with van der Waals surface area (Å²) in [6, 6.07) is 2.00. The molecule has 0 bridgehead atoms. The predicted octanol–water partition coefficient (Wildman–Crippen LogP) is 2.67. The molecule has 2 heterocycles. The molecule has 0 amide bonds. The molecule has 82 valence electrons. The first-order chi connectivity index (χ1) is 7.15. The van der Waals surface area contributed by atoms with Crippen LogP contribution >= 0.6 is 11.6 Å². The molecule has 1 aliphatic heterocycles. The highest BCUT2D eigenvalue weighted by Gasteiger charge is 2.17. The molecule has 1 saturated heterocycles. The number of anilines is 1. The number of hydrogen-bond donors (Lipinski definition) is 0. The second-order valence-corrected chi connectivity index (χ2v) is 4.64. The number of piperidine rings is 1. The Morgan fingerprint density at radius 3 is 2.60 bits per heavy atom. The normalized spacial score (nSPS) is 18.2. The fourth-order valence-corrected chi connectivity index (χ4v) is 2.14. The van der Waals surface area contributed by atoms with Crippen LogP contribution in [0, 0.1) is 12.8 Å². The van der Waals surface area contributed by atoms with Gasteiger partial charge in [-0.2, -0.15) is 0 Å². The molecule has 0 unspecified atom stereocenters. The Bertz CT molecular complexity index is 325. The molecule has 0 aromatic carbocycles. The SMILES string of the molecule is Cc1cc(N2CCC(C)CC2)nc(Cl)n1. The number of aryl methyl sites for hydroxylation is 1. The smallest absolute Gasteiger partial charge is 0.224 e. The van der Waals surface area contributed by atoms with Crippen LogP contribution in [0.3, 0.4) is 0 Å². The third kappa shape index (κ3) is 2.59. The van der Waals surface area contributed by atoms with Gasteiger partial charge in [0.05, 0.1) is 0 Å². The highest BCUT2D eigenvalue weighted by Crippen LogP contribution is 2.22. The molecular formula is C11H16ClN3. The van der Waals surface area contributed by atoms with Crippen molar-refractivity contribution in [3.05, 3.63) is 17.0 Å². The lowest BCUT2D eigenvalue weighted by Gasteiger charge is -2.31. The topological polar surface area (TPSA) is 29.0 Å². The van der Waals surface area contributed by atoms with Crippen LogP contribution in [0.25, 0.3) is 0 Å². The van der Waals surface area contributed by atoms with E-state index < -0.39 is 0 Å². The van der Waals surface area contributed by atoms with Gasteiger partial charge in [0.25, 0.3) is 0 Å². The zero-order valence-corrected chi connectivity index (χ0v) is 9.96. The number of halogens is 1. The van der Waals surface area contributed by atoms with Crippen molar-refractivity contribution < 1.29 is 0 Å². The van der Waals surface area contributed by atoms with Gasteiger partial charge in [-0.25, -0.2) is 9.97 Å². The first kappa shape index (κ1) is 10.7. The maximum absolute atomic E-state index is 5.85. The minimum absolute atomic E-state index is 0.351. The maximum Gasteiger partial charge on any atom is 0.224 e. The van der Waals surface area contributed by atoms with E-state index in [0.717, 1.165) is 30.5 Å². The second-order valence-electron chi connectivity index (χ2n) is 4.31. The van der Waals surface area contributed by atoms with Crippen molar-refractivity contribution in [3.63, 3.8) is 0 Å². The Morgan fingerprint density at radius 1 is 1.33 bits per heavy atom. The standard InChI is InChI=1S/C11H16ClN3/c1-8-3-5-15(6-4-8)10-7-9(2)13-11(12)14-10/h7-8H,3-6H2,1-2H3. The minimum atomic E-state index is 0.351. The van der Waals surface area contributed by atoms with Gasteiger partial charge < -0.3 is 4.90 Å². The summed E-state index contributed by atoms with van der Waals surface area (Å²) in [4.78, 5) is 10.6. The Morgan fingerprint density at radius 2 is 2.00 bits per heavy atom. The van der Waals surface area contributed by atoms with Crippen LogP contribution in [0.15, 0.2) is 6.07 Å². The zero-order valence-electron chi connectivity index (χ0n) is 9.20. The average Bonchev–Trinajstić information content (AvgIpc) is 2.17. The highest BCUT2D eigenvalue weighted by atomic mass is 35.5. The van der Waals surface area contributed by atoms with Crippen LogP contribution < -0.4 is 4.90 Å². The molecule has 4 heteroatoms. The van der Waals surface area contributed by atoms with Gasteiger partial charge in [0, 0.05) is 24.8 Å². The number of rotatable bonds is 1. The summed E-state index contributed by atoms with van der Waals surface area (Å²) in [6.07, 6.45) is 2.47. The number of nitrogens with zero attached hydrogens (tertiary/aromatic N) is 3. The molecule has 1 fully saturated rings. The second kappa shape index (κ2) is 4.35. The Hall–Kier alpha value is -0.830. The van der Waals surface area contributed by atoms with E-state index in [2.05, 4.69) is 21.8 Å². The van der Waals surface area contributed by atoms with Gasteiger partial charge in [-0.15, -0.1) is 0 Å². The third-order valence-corrected chi connectivity index (χ3v) is 3.09. The largest absolute Gasteiger partial charge is 0.356 e. The summed E-state index contributed by atoms with van der Waals surface area (Å²) < 4.78 is 0. The molecular weight excluding hydrogens is 210 g/mol. The van der Waals surface area contributed by atoms with E-state index in [-0.39, 0.29) is 0 Å². The summed E-state index contributed by atoms with van der Waals surface area (Å²) in [5, 5.41) is 0.351. The molecule has 3 nitrogen and oxygen atoms in total. The molecule has 0 saturated carbocycles. The van der Waals surface area contributed by atoms with E-state index >= 15 is 0 Å². The molecule has 0 aliphatic carbocycles. The van der Waals surface area contributed by atoms with Crippen LogP contribution in [0.1, 0.15) is 25.5 Å². The van der Waals surface area contributed by atoms with Gasteiger partial charge in [0.1, 0.15) is 5.82 Å². The third-order valence-electron chi connectivity index (χ3n) is 2.92. The molecule has 0 N–H and O–H groups in total. The van der Waals surface area contributed by atoms with Gasteiger partial charge in [-0.3, -0.25) is 0 Å². The lowest BCUT2D eigenvalue weighted by molar-refractivity contribution is 0.436. The van der Waals surface area contributed by atoms with Crippen molar-refractivity contribution in [2.24, 2.45) is 5.92 Å². The van der Waals surface area contributed by atoms with Crippen molar-refractivity contribution in [2.75, 3.05) is 18.0 Å². The van der Waals surface area contributed by atoms with Gasteiger partial charge in [0.2, 0.25) is 5.28 Å². The molecule has 0 atom stereocenters. The van der Waals surface area contributed by atoms with E-state index in [1.807, 2.05) is 13.0 Å². The van der Waals surface area contributed by atoms with Crippen molar-refractivity contribution in [3.8, 4) is 0 Å². The van der Waals surface area contributed by atoms with Crippen molar-refractivity contribution in [2.45, 2.75) is 26.7 Å². The minimum Gasteiger partial charge on any atom is -0.356 e. The van der Waals surface area contributed by atoms with Gasteiger partial charge in [0.15, 0.2) is 0 Å². The lowest BCUT2D eigenvalue weighted by Crippen LogP contribution is -2.33. The first-order valence-corrected chi connectivity index (χ1v) is 5.79. The fourth-order valence-electron chi connectivity index (χ4n) is 1.92. The number of hydrogen-bond acceptors (Lipinski definition) is 3. The van der Waals surface area contributed by atoms with Crippen molar-refractivity contribution in [1.82, 2.24) is 9.97 Å². The van der Waals surface area contributed by atoms with E-state index in [1.54, 1.807) is 0 Å². The average molecular weight is 226 g/mol. The summed E-state index contributed by atoms with van der Waals surface area (Å²) in [6.45, 7) is 6.40. The van der Waals surface area contributed by atoms with Crippen LogP contribution in [0.5, 0.6) is 0 Å². The Labute approximate surface area is 95.5 Å². The molecule has 1 aromatic heterocycles. The van der Waals surface area contributed by atoms with E-state index in [9.17, 15) is 0 Å². The molecule has 2 rings (SSSR count). The van der Waals surface area contributed by atoms with Crippen LogP contribution in [0.2, 0.25) is 5.28 Å². The van der Waals surface area contributed by atoms with E-state index in [4.69, 9.17) is 11.6 Å².